The van der Waals surface area contributed by atoms with E-state index in [0.717, 1.165) is 0 Å². The van der Waals surface area contributed by atoms with Crippen molar-refractivity contribution >= 4 is 11.5 Å². The maximum atomic E-state index is 11.0. The number of anilines is 1. The van der Waals surface area contributed by atoms with Crippen LogP contribution in [0, 0.1) is 32.8 Å². The van der Waals surface area contributed by atoms with Crippen molar-refractivity contribution in [3.8, 4) is 6.07 Å². The Labute approximate surface area is 112 Å². The average molecular weight is 262 g/mol. The van der Waals surface area contributed by atoms with Crippen LogP contribution < -0.4 is 5.32 Å². The second kappa shape index (κ2) is 5.65. The first-order valence-corrected chi connectivity index (χ1v) is 6.06. The van der Waals surface area contributed by atoms with E-state index >= 15 is 0 Å². The smallest absolute Gasteiger partial charge is 0.312 e. The van der Waals surface area contributed by atoms with Crippen LogP contribution in [0.25, 0.3) is 0 Å². The number of hydrogen-bond donors (Lipinski definition) is 1. The molecule has 0 saturated heterocycles. The van der Waals surface area contributed by atoms with Gasteiger partial charge in [0.1, 0.15) is 6.07 Å². The number of nitro groups is 1. The van der Waals surface area contributed by atoms with Gasteiger partial charge in [-0.3, -0.25) is 10.1 Å². The van der Waals surface area contributed by atoms with E-state index in [2.05, 4.69) is 38.0 Å². The molecule has 0 bridgehead atoms. The number of nitrogens with one attached hydrogen (secondary N) is 1. The van der Waals surface area contributed by atoms with E-state index < -0.39 is 4.92 Å². The lowest BCUT2D eigenvalue weighted by molar-refractivity contribution is -0.384. The third kappa shape index (κ3) is 3.65. The van der Waals surface area contributed by atoms with Gasteiger partial charge in [-0.2, -0.15) is 5.26 Å². The van der Waals surface area contributed by atoms with Crippen molar-refractivity contribution in [1.82, 2.24) is 4.98 Å². The number of nitriles is 1. The topological polar surface area (TPSA) is 91.8 Å². The van der Waals surface area contributed by atoms with E-state index in [1.165, 1.54) is 12.3 Å². The molecule has 0 radical (unpaired) electrons. The zero-order valence-electron chi connectivity index (χ0n) is 11.6. The van der Waals surface area contributed by atoms with E-state index in [1.54, 1.807) is 0 Å². The predicted octanol–water partition coefficient (Wildman–Crippen LogP) is 2.96. The van der Waals surface area contributed by atoms with Gasteiger partial charge in [0.05, 0.1) is 10.5 Å². The summed E-state index contributed by atoms with van der Waals surface area (Å²) < 4.78 is 0. The fraction of sp³-hybridized carbons (Fsp3) is 0.538. The first kappa shape index (κ1) is 14.9. The summed E-state index contributed by atoms with van der Waals surface area (Å²) in [6.45, 7) is 8.94. The van der Waals surface area contributed by atoms with Gasteiger partial charge < -0.3 is 5.32 Å². The van der Waals surface area contributed by atoms with Crippen molar-refractivity contribution in [3.05, 3.63) is 27.9 Å². The number of aromatic nitrogens is 1. The van der Waals surface area contributed by atoms with Crippen LogP contribution in [-0.4, -0.2) is 16.5 Å². The largest absolute Gasteiger partial charge is 0.364 e. The molecule has 1 heterocycles. The lowest BCUT2D eigenvalue weighted by atomic mass is 9.81. The third-order valence-corrected chi connectivity index (χ3v) is 3.47. The van der Waals surface area contributed by atoms with Gasteiger partial charge in [0.15, 0.2) is 0 Å². The van der Waals surface area contributed by atoms with Crippen LogP contribution in [0.2, 0.25) is 0 Å². The standard InChI is InChI=1S/C13H18N4O2/c1-9(2)13(3,4)8-16-12-11(17(18)19)5-10(6-14)7-15-12/h5,7,9H,8H2,1-4H3,(H,15,16). The lowest BCUT2D eigenvalue weighted by Crippen LogP contribution is -2.29. The number of hydrogen-bond acceptors (Lipinski definition) is 5. The van der Waals surface area contributed by atoms with Crippen LogP contribution in [0.4, 0.5) is 11.5 Å². The molecule has 0 unspecified atom stereocenters. The fourth-order valence-electron chi connectivity index (χ4n) is 1.31. The second-order valence-corrected chi connectivity index (χ2v) is 5.46. The van der Waals surface area contributed by atoms with Crippen LogP contribution in [0.3, 0.4) is 0 Å². The summed E-state index contributed by atoms with van der Waals surface area (Å²) in [7, 11) is 0. The highest BCUT2D eigenvalue weighted by Gasteiger charge is 2.24. The molecule has 0 aromatic carbocycles. The molecule has 1 aromatic rings. The molecule has 0 aliphatic heterocycles. The fourth-order valence-corrected chi connectivity index (χ4v) is 1.31. The van der Waals surface area contributed by atoms with E-state index in [9.17, 15) is 10.1 Å². The van der Waals surface area contributed by atoms with Gasteiger partial charge in [0, 0.05) is 18.8 Å². The molecule has 1 rings (SSSR count). The SMILES string of the molecule is CC(C)C(C)(C)CNc1ncc(C#N)cc1[N+](=O)[O-]. The predicted molar refractivity (Wildman–Crippen MR) is 72.7 cm³/mol. The van der Waals surface area contributed by atoms with Crippen LogP contribution in [0.5, 0.6) is 0 Å². The Bertz CT molecular complexity index is 518. The molecule has 102 valence electrons. The molecule has 19 heavy (non-hydrogen) atoms. The van der Waals surface area contributed by atoms with Gasteiger partial charge in [-0.05, 0) is 11.3 Å². The Hall–Kier alpha value is -2.16. The zero-order chi connectivity index (χ0) is 14.6. The molecule has 0 aliphatic carbocycles. The van der Waals surface area contributed by atoms with Crippen molar-refractivity contribution in [1.29, 1.82) is 5.26 Å². The maximum Gasteiger partial charge on any atom is 0.312 e. The number of pyridine rings is 1. The van der Waals surface area contributed by atoms with E-state index in [0.29, 0.717) is 12.5 Å². The monoisotopic (exact) mass is 262 g/mol. The van der Waals surface area contributed by atoms with E-state index in [1.807, 2.05) is 6.07 Å². The lowest BCUT2D eigenvalue weighted by Gasteiger charge is -2.29. The van der Waals surface area contributed by atoms with Crippen LogP contribution in [-0.2, 0) is 0 Å². The molecule has 0 atom stereocenters. The molecule has 6 heteroatoms. The zero-order valence-corrected chi connectivity index (χ0v) is 11.6. The summed E-state index contributed by atoms with van der Waals surface area (Å²) in [5.41, 5.74) is 0.00247. The highest BCUT2D eigenvalue weighted by molar-refractivity contribution is 5.58. The first-order chi connectivity index (χ1) is 8.77. The van der Waals surface area contributed by atoms with Crippen molar-refractivity contribution in [2.45, 2.75) is 27.7 Å². The third-order valence-electron chi connectivity index (χ3n) is 3.47. The number of nitrogens with zero attached hydrogens (tertiary/aromatic N) is 3. The van der Waals surface area contributed by atoms with Crippen LogP contribution >= 0.6 is 0 Å². The molecule has 1 aromatic heterocycles. The Balaban J connectivity index is 2.96. The summed E-state index contributed by atoms with van der Waals surface area (Å²) in [5.74, 6) is 0.634. The second-order valence-electron chi connectivity index (χ2n) is 5.46. The quantitative estimate of drug-likeness (QED) is 0.650. The van der Waals surface area contributed by atoms with Gasteiger partial charge in [-0.1, -0.05) is 27.7 Å². The van der Waals surface area contributed by atoms with Crippen LogP contribution in [0.15, 0.2) is 12.3 Å². The summed E-state index contributed by atoms with van der Waals surface area (Å²) >= 11 is 0. The molecular weight excluding hydrogens is 244 g/mol. The molecule has 6 nitrogen and oxygen atoms in total. The molecule has 0 amide bonds. The summed E-state index contributed by atoms with van der Waals surface area (Å²) in [5, 5.41) is 22.7. The highest BCUT2D eigenvalue weighted by atomic mass is 16.6. The van der Waals surface area contributed by atoms with Crippen molar-refractivity contribution < 1.29 is 4.92 Å². The minimum atomic E-state index is -0.529. The Morgan fingerprint density at radius 3 is 2.68 bits per heavy atom. The minimum absolute atomic E-state index is 0.0105. The van der Waals surface area contributed by atoms with Crippen molar-refractivity contribution in [3.63, 3.8) is 0 Å². The summed E-state index contributed by atoms with van der Waals surface area (Å²) in [4.78, 5) is 14.4. The molecule has 0 fully saturated rings. The minimum Gasteiger partial charge on any atom is -0.364 e. The van der Waals surface area contributed by atoms with E-state index in [4.69, 9.17) is 5.26 Å². The van der Waals surface area contributed by atoms with Crippen molar-refractivity contribution in [2.75, 3.05) is 11.9 Å². The first-order valence-electron chi connectivity index (χ1n) is 6.06. The van der Waals surface area contributed by atoms with Gasteiger partial charge in [-0.15, -0.1) is 0 Å². The Morgan fingerprint density at radius 1 is 1.58 bits per heavy atom. The Kier molecular flexibility index (Phi) is 4.43. The summed E-state index contributed by atoms with van der Waals surface area (Å²) in [6.07, 6.45) is 1.33. The molecule has 1 N–H and O–H groups in total. The van der Waals surface area contributed by atoms with Crippen LogP contribution in [0.1, 0.15) is 33.3 Å². The highest BCUT2D eigenvalue weighted by Crippen LogP contribution is 2.28. The van der Waals surface area contributed by atoms with Gasteiger partial charge >= 0.3 is 5.69 Å². The van der Waals surface area contributed by atoms with Crippen molar-refractivity contribution in [2.24, 2.45) is 11.3 Å². The van der Waals surface area contributed by atoms with E-state index in [-0.39, 0.29) is 22.5 Å². The molecular formula is C13H18N4O2. The maximum absolute atomic E-state index is 11.0. The van der Waals surface area contributed by atoms with Gasteiger partial charge in [-0.25, -0.2) is 4.98 Å². The summed E-state index contributed by atoms with van der Waals surface area (Å²) in [6, 6.07) is 3.08. The number of rotatable bonds is 5. The Morgan fingerprint density at radius 2 is 2.21 bits per heavy atom. The van der Waals surface area contributed by atoms with Gasteiger partial charge in [0.25, 0.3) is 0 Å². The molecule has 0 saturated carbocycles. The molecule has 0 aliphatic rings. The molecule has 0 spiro atoms. The van der Waals surface area contributed by atoms with Gasteiger partial charge in [0.2, 0.25) is 5.82 Å². The normalized spacial score (nSPS) is 11.2. The average Bonchev–Trinajstić information content (AvgIpc) is 2.35.